The number of hydrogen-bond acceptors (Lipinski definition) is 8. The van der Waals surface area contributed by atoms with Crippen molar-refractivity contribution in [3.05, 3.63) is 0 Å². The first-order chi connectivity index (χ1) is 16.3. The van der Waals surface area contributed by atoms with E-state index in [1.807, 2.05) is 0 Å². The second-order valence-electron chi connectivity index (χ2n) is 8.08. The Morgan fingerprint density at radius 2 is 1.49 bits per heavy atom. The molecule has 14 nitrogen and oxygen atoms in total. The highest BCUT2D eigenvalue weighted by molar-refractivity contribution is 7.80. The van der Waals surface area contributed by atoms with Crippen molar-refractivity contribution in [3.8, 4) is 0 Å². The van der Waals surface area contributed by atoms with Gasteiger partial charge in [-0.25, -0.2) is 4.79 Å². The Morgan fingerprint density at radius 3 is 1.97 bits per heavy atom. The molecule has 0 saturated carbocycles. The molecule has 0 rings (SSSR count). The zero-order valence-corrected chi connectivity index (χ0v) is 20.9. The molecule has 0 saturated heterocycles. The fourth-order valence-corrected chi connectivity index (χ4v) is 3.06. The summed E-state index contributed by atoms with van der Waals surface area (Å²) in [5.41, 5.74) is 21.4. The van der Waals surface area contributed by atoms with Crippen LogP contribution in [0.25, 0.3) is 0 Å². The van der Waals surface area contributed by atoms with Crippen LogP contribution in [-0.2, 0) is 24.0 Å². The van der Waals surface area contributed by atoms with Crippen molar-refractivity contribution in [2.75, 3.05) is 12.3 Å². The van der Waals surface area contributed by atoms with E-state index in [0.717, 1.165) is 0 Å². The fraction of sp³-hybridized carbons (Fsp3) is 0.700. The van der Waals surface area contributed by atoms with Crippen LogP contribution < -0.4 is 38.9 Å². The minimum Gasteiger partial charge on any atom is -0.480 e. The summed E-state index contributed by atoms with van der Waals surface area (Å²) in [5.74, 6) is -4.63. The summed E-state index contributed by atoms with van der Waals surface area (Å²) in [5, 5.41) is 16.8. The molecule has 0 aromatic carbocycles. The van der Waals surface area contributed by atoms with Gasteiger partial charge in [0, 0.05) is 18.7 Å². The van der Waals surface area contributed by atoms with Crippen LogP contribution in [0.4, 0.5) is 0 Å². The molecule has 0 fully saturated rings. The van der Waals surface area contributed by atoms with Crippen LogP contribution in [0.1, 0.15) is 46.0 Å². The molecule has 12 N–H and O–H groups in total. The molecule has 0 aromatic heterocycles. The minimum absolute atomic E-state index is 0.0318. The molecular formula is C20H38N8O6S. The normalized spacial score (nSPS) is 15.0. The summed E-state index contributed by atoms with van der Waals surface area (Å²) >= 11 is 3.96. The van der Waals surface area contributed by atoms with Gasteiger partial charge in [-0.1, -0.05) is 20.3 Å². The van der Waals surface area contributed by atoms with E-state index in [9.17, 15) is 29.1 Å². The Bertz CT molecular complexity index is 777. The number of hydrogen-bond donors (Lipinski definition) is 9. The number of nitrogens with one attached hydrogen (secondary N) is 3. The molecule has 200 valence electrons. The molecule has 4 amide bonds. The van der Waals surface area contributed by atoms with E-state index < -0.39 is 59.7 Å². The van der Waals surface area contributed by atoms with Gasteiger partial charge in [0.2, 0.25) is 23.6 Å². The zero-order chi connectivity index (χ0) is 27.1. The van der Waals surface area contributed by atoms with Crippen molar-refractivity contribution in [1.29, 1.82) is 0 Å². The number of primary amides is 1. The quantitative estimate of drug-likeness (QED) is 0.0414. The largest absolute Gasteiger partial charge is 0.480 e. The van der Waals surface area contributed by atoms with Gasteiger partial charge >= 0.3 is 5.97 Å². The van der Waals surface area contributed by atoms with Gasteiger partial charge in [-0.05, 0) is 25.2 Å². The predicted molar refractivity (Wildman–Crippen MR) is 133 cm³/mol. The molecule has 0 aliphatic heterocycles. The maximum absolute atomic E-state index is 13.0. The highest BCUT2D eigenvalue weighted by Crippen LogP contribution is 2.10. The molecule has 35 heavy (non-hydrogen) atoms. The minimum atomic E-state index is -1.28. The molecule has 0 aliphatic carbocycles. The van der Waals surface area contributed by atoms with Crippen molar-refractivity contribution in [2.24, 2.45) is 33.8 Å². The lowest BCUT2D eigenvalue weighted by Crippen LogP contribution is -2.58. The first-order valence-electron chi connectivity index (χ1n) is 11.2. The first-order valence-corrected chi connectivity index (χ1v) is 11.8. The number of carbonyl (C=O) groups is 5. The van der Waals surface area contributed by atoms with E-state index in [4.69, 9.17) is 22.9 Å². The van der Waals surface area contributed by atoms with Gasteiger partial charge in [-0.2, -0.15) is 12.6 Å². The number of aliphatic carboxylic acids is 1. The van der Waals surface area contributed by atoms with Crippen LogP contribution in [0.15, 0.2) is 4.99 Å². The van der Waals surface area contributed by atoms with E-state index in [1.54, 1.807) is 13.8 Å². The molecule has 5 unspecified atom stereocenters. The van der Waals surface area contributed by atoms with Gasteiger partial charge < -0.3 is 44.0 Å². The number of carboxylic acid groups (broad SMARTS) is 1. The van der Waals surface area contributed by atoms with Crippen LogP contribution in [0.5, 0.6) is 0 Å². The lowest BCUT2D eigenvalue weighted by atomic mass is 9.98. The number of nitrogens with zero attached hydrogens (tertiary/aromatic N) is 1. The lowest BCUT2D eigenvalue weighted by Gasteiger charge is -2.26. The second kappa shape index (κ2) is 16.5. The van der Waals surface area contributed by atoms with E-state index in [0.29, 0.717) is 12.8 Å². The van der Waals surface area contributed by atoms with E-state index in [1.165, 1.54) is 0 Å². The summed E-state index contributed by atoms with van der Waals surface area (Å²) in [4.78, 5) is 64.8. The number of carbonyl (C=O) groups excluding carboxylic acids is 4. The summed E-state index contributed by atoms with van der Waals surface area (Å²) in [6.45, 7) is 3.61. The molecule has 0 bridgehead atoms. The Hall–Kier alpha value is -3.07. The Labute approximate surface area is 209 Å². The molecule has 0 radical (unpaired) electrons. The SMILES string of the molecule is CCC(C)C(NC(=O)C(CCC(N)=O)NC(=O)C(CCCN=C(N)N)NC(=O)C(N)CS)C(=O)O. The second-order valence-corrected chi connectivity index (χ2v) is 8.44. The lowest BCUT2D eigenvalue weighted by molar-refractivity contribution is -0.144. The summed E-state index contributed by atoms with van der Waals surface area (Å²) in [6.07, 6.45) is 0.461. The van der Waals surface area contributed by atoms with E-state index in [2.05, 4.69) is 33.6 Å². The monoisotopic (exact) mass is 518 g/mol. The third kappa shape index (κ3) is 12.8. The maximum atomic E-state index is 13.0. The number of rotatable bonds is 17. The van der Waals surface area contributed by atoms with Crippen molar-refractivity contribution in [2.45, 2.75) is 70.1 Å². The number of carboxylic acids is 1. The van der Waals surface area contributed by atoms with Crippen LogP contribution in [0.2, 0.25) is 0 Å². The fourth-order valence-electron chi connectivity index (χ4n) is 2.90. The van der Waals surface area contributed by atoms with Crippen LogP contribution >= 0.6 is 12.6 Å². The third-order valence-corrected chi connectivity index (χ3v) is 5.59. The number of guanidine groups is 1. The Balaban J connectivity index is 5.65. The van der Waals surface area contributed by atoms with Crippen LogP contribution in [-0.4, -0.2) is 77.1 Å². The van der Waals surface area contributed by atoms with Gasteiger partial charge in [-0.3, -0.25) is 24.2 Å². The maximum Gasteiger partial charge on any atom is 0.326 e. The van der Waals surface area contributed by atoms with E-state index in [-0.39, 0.29) is 37.5 Å². The Kier molecular flexibility index (Phi) is 15.1. The molecule has 0 heterocycles. The van der Waals surface area contributed by atoms with Gasteiger partial charge in [0.15, 0.2) is 5.96 Å². The molecule has 0 aromatic rings. The molecule has 5 atom stereocenters. The third-order valence-electron chi connectivity index (χ3n) is 5.20. The average molecular weight is 519 g/mol. The average Bonchev–Trinajstić information content (AvgIpc) is 2.79. The number of thiol groups is 1. The molecule has 0 aliphatic rings. The van der Waals surface area contributed by atoms with Crippen LogP contribution in [0, 0.1) is 5.92 Å². The van der Waals surface area contributed by atoms with Gasteiger partial charge in [0.25, 0.3) is 0 Å². The topological polar surface area (TPSA) is 258 Å². The van der Waals surface area contributed by atoms with Crippen molar-refractivity contribution < 1.29 is 29.1 Å². The molecule has 15 heteroatoms. The predicted octanol–water partition coefficient (Wildman–Crippen LogP) is -2.85. The highest BCUT2D eigenvalue weighted by Gasteiger charge is 2.31. The van der Waals surface area contributed by atoms with Crippen molar-refractivity contribution in [1.82, 2.24) is 16.0 Å². The number of amides is 4. The smallest absolute Gasteiger partial charge is 0.326 e. The highest BCUT2D eigenvalue weighted by atomic mass is 32.1. The first kappa shape index (κ1) is 31.9. The number of nitrogens with two attached hydrogens (primary N) is 4. The van der Waals surface area contributed by atoms with Crippen LogP contribution in [0.3, 0.4) is 0 Å². The van der Waals surface area contributed by atoms with Crippen molar-refractivity contribution in [3.63, 3.8) is 0 Å². The summed E-state index contributed by atoms with van der Waals surface area (Å²) < 4.78 is 0. The summed E-state index contributed by atoms with van der Waals surface area (Å²) in [7, 11) is 0. The van der Waals surface area contributed by atoms with E-state index >= 15 is 0 Å². The Morgan fingerprint density at radius 1 is 0.943 bits per heavy atom. The molecular weight excluding hydrogens is 480 g/mol. The van der Waals surface area contributed by atoms with Gasteiger partial charge in [0.1, 0.15) is 18.1 Å². The molecule has 0 spiro atoms. The van der Waals surface area contributed by atoms with Gasteiger partial charge in [-0.15, -0.1) is 0 Å². The zero-order valence-electron chi connectivity index (χ0n) is 20.0. The number of aliphatic imine (C=N–C) groups is 1. The van der Waals surface area contributed by atoms with Gasteiger partial charge in [0.05, 0.1) is 6.04 Å². The standard InChI is InChI=1S/C20H38N8O6S/c1-3-10(2)15(19(33)34)28-18(32)13(6-7-14(22)29)27-17(31)12(5-4-8-25-20(23)24)26-16(30)11(21)9-35/h10-13,15,35H,3-9,21H2,1-2H3,(H2,22,29)(H,26,30)(H,27,31)(H,28,32)(H,33,34)(H4,23,24,25). The summed E-state index contributed by atoms with van der Waals surface area (Å²) in [6, 6.07) is -4.58. The van der Waals surface area contributed by atoms with Crippen molar-refractivity contribution >= 4 is 48.2 Å².